The summed E-state index contributed by atoms with van der Waals surface area (Å²) in [4.78, 5) is 11.9. The van der Waals surface area contributed by atoms with Crippen LogP contribution < -0.4 is 11.1 Å². The number of aliphatic hydroxyl groups is 1. The van der Waals surface area contributed by atoms with Crippen molar-refractivity contribution >= 4 is 16.7 Å². The van der Waals surface area contributed by atoms with Gasteiger partial charge in [-0.3, -0.25) is 4.79 Å². The zero-order chi connectivity index (χ0) is 14.5. The van der Waals surface area contributed by atoms with Crippen LogP contribution in [0, 0.1) is 0 Å². The minimum Gasteiger partial charge on any atom is -0.392 e. The SMILES string of the molecule is CC(C(=O)NCCN)c1ccc2cc(CO)ccc2c1. The van der Waals surface area contributed by atoms with Gasteiger partial charge in [-0.2, -0.15) is 0 Å². The van der Waals surface area contributed by atoms with Crippen molar-refractivity contribution < 1.29 is 9.90 Å². The molecule has 0 radical (unpaired) electrons. The molecule has 0 heterocycles. The number of aliphatic hydroxyl groups excluding tert-OH is 1. The maximum absolute atomic E-state index is 11.9. The molecule has 2 rings (SSSR count). The maximum Gasteiger partial charge on any atom is 0.227 e. The third-order valence-corrected chi connectivity index (χ3v) is 3.45. The van der Waals surface area contributed by atoms with Crippen molar-refractivity contribution in [2.45, 2.75) is 19.4 Å². The van der Waals surface area contributed by atoms with Crippen LogP contribution in [0.5, 0.6) is 0 Å². The number of benzene rings is 2. The van der Waals surface area contributed by atoms with E-state index in [2.05, 4.69) is 5.32 Å². The van der Waals surface area contributed by atoms with Gasteiger partial charge in [0.15, 0.2) is 0 Å². The van der Waals surface area contributed by atoms with Crippen LogP contribution in [0.15, 0.2) is 36.4 Å². The monoisotopic (exact) mass is 272 g/mol. The van der Waals surface area contributed by atoms with Gasteiger partial charge in [-0.05, 0) is 34.9 Å². The highest BCUT2D eigenvalue weighted by atomic mass is 16.3. The van der Waals surface area contributed by atoms with Crippen LogP contribution in [0.4, 0.5) is 0 Å². The lowest BCUT2D eigenvalue weighted by molar-refractivity contribution is -0.122. The minimum atomic E-state index is -0.205. The summed E-state index contributed by atoms with van der Waals surface area (Å²) in [6, 6.07) is 11.8. The first-order valence-corrected chi connectivity index (χ1v) is 6.77. The van der Waals surface area contributed by atoms with E-state index in [9.17, 15) is 4.79 Å². The molecule has 4 nitrogen and oxygen atoms in total. The van der Waals surface area contributed by atoms with E-state index in [1.807, 2.05) is 43.3 Å². The Morgan fingerprint density at radius 3 is 2.65 bits per heavy atom. The van der Waals surface area contributed by atoms with Crippen LogP contribution in [0.1, 0.15) is 24.0 Å². The molecule has 1 unspecified atom stereocenters. The van der Waals surface area contributed by atoms with E-state index in [4.69, 9.17) is 10.8 Å². The molecule has 1 amide bonds. The highest BCUT2D eigenvalue weighted by molar-refractivity contribution is 5.88. The first kappa shape index (κ1) is 14.5. The van der Waals surface area contributed by atoms with Gasteiger partial charge in [0.25, 0.3) is 0 Å². The third kappa shape index (κ3) is 3.15. The first-order chi connectivity index (χ1) is 9.65. The molecule has 0 spiro atoms. The van der Waals surface area contributed by atoms with Crippen LogP contribution in [-0.4, -0.2) is 24.1 Å². The second kappa shape index (κ2) is 6.50. The molecule has 1 atom stereocenters. The minimum absolute atomic E-state index is 0.0122. The largest absolute Gasteiger partial charge is 0.392 e. The summed E-state index contributed by atoms with van der Waals surface area (Å²) in [5.74, 6) is -0.217. The average molecular weight is 272 g/mol. The first-order valence-electron chi connectivity index (χ1n) is 6.77. The second-order valence-electron chi connectivity index (χ2n) is 4.90. The van der Waals surface area contributed by atoms with E-state index in [0.717, 1.165) is 21.9 Å². The number of hydrogen-bond donors (Lipinski definition) is 3. The fourth-order valence-corrected chi connectivity index (χ4v) is 2.18. The standard InChI is InChI=1S/C16H20N2O2/c1-11(16(20)18-7-6-17)13-4-5-14-8-12(10-19)2-3-15(14)9-13/h2-5,8-9,11,19H,6-7,10,17H2,1H3,(H,18,20). The summed E-state index contributed by atoms with van der Waals surface area (Å²) in [5, 5.41) is 14.1. The molecular formula is C16H20N2O2. The number of carbonyl (C=O) groups excluding carboxylic acids is 1. The predicted octanol–water partition coefficient (Wildman–Crippen LogP) is 1.51. The van der Waals surface area contributed by atoms with E-state index < -0.39 is 0 Å². The Morgan fingerprint density at radius 1 is 1.25 bits per heavy atom. The summed E-state index contributed by atoms with van der Waals surface area (Å²) in [6.45, 7) is 2.86. The van der Waals surface area contributed by atoms with E-state index in [1.54, 1.807) is 0 Å². The molecule has 4 heteroatoms. The van der Waals surface area contributed by atoms with Gasteiger partial charge in [0.1, 0.15) is 0 Å². The lowest BCUT2D eigenvalue weighted by Crippen LogP contribution is -2.32. The summed E-state index contributed by atoms with van der Waals surface area (Å²) in [6.07, 6.45) is 0. The molecule has 0 fully saturated rings. The van der Waals surface area contributed by atoms with E-state index in [0.29, 0.717) is 13.1 Å². The van der Waals surface area contributed by atoms with Gasteiger partial charge in [0.2, 0.25) is 5.91 Å². The summed E-state index contributed by atoms with van der Waals surface area (Å²) in [5.41, 5.74) is 7.25. The van der Waals surface area contributed by atoms with Crippen LogP contribution in [0.3, 0.4) is 0 Å². The van der Waals surface area contributed by atoms with Crippen molar-refractivity contribution in [3.63, 3.8) is 0 Å². The average Bonchev–Trinajstić information content (AvgIpc) is 2.50. The van der Waals surface area contributed by atoms with Gasteiger partial charge in [-0.25, -0.2) is 0 Å². The fourth-order valence-electron chi connectivity index (χ4n) is 2.18. The zero-order valence-electron chi connectivity index (χ0n) is 11.6. The van der Waals surface area contributed by atoms with Gasteiger partial charge in [0.05, 0.1) is 12.5 Å². The summed E-state index contributed by atoms with van der Waals surface area (Å²) in [7, 11) is 0. The molecule has 0 bridgehead atoms. The number of nitrogens with one attached hydrogen (secondary N) is 1. The zero-order valence-corrected chi connectivity index (χ0v) is 11.6. The van der Waals surface area contributed by atoms with Crippen LogP contribution in [0.2, 0.25) is 0 Å². The molecule has 2 aromatic rings. The molecule has 0 saturated heterocycles. The molecule has 4 N–H and O–H groups in total. The molecule has 0 aliphatic rings. The van der Waals surface area contributed by atoms with Gasteiger partial charge < -0.3 is 16.2 Å². The van der Waals surface area contributed by atoms with E-state index in [-0.39, 0.29) is 18.4 Å². The Bertz CT molecular complexity index is 610. The van der Waals surface area contributed by atoms with Crippen molar-refractivity contribution in [1.29, 1.82) is 0 Å². The Balaban J connectivity index is 2.25. The number of rotatable bonds is 5. The van der Waals surface area contributed by atoms with Crippen molar-refractivity contribution in [2.24, 2.45) is 5.73 Å². The van der Waals surface area contributed by atoms with Crippen LogP contribution >= 0.6 is 0 Å². The number of hydrogen-bond acceptors (Lipinski definition) is 3. The van der Waals surface area contributed by atoms with E-state index >= 15 is 0 Å². The second-order valence-corrected chi connectivity index (χ2v) is 4.90. The maximum atomic E-state index is 11.9. The molecule has 0 aliphatic carbocycles. The van der Waals surface area contributed by atoms with Crippen molar-refractivity contribution in [3.05, 3.63) is 47.5 Å². The van der Waals surface area contributed by atoms with Gasteiger partial charge >= 0.3 is 0 Å². The third-order valence-electron chi connectivity index (χ3n) is 3.45. The topological polar surface area (TPSA) is 75.4 Å². The van der Waals surface area contributed by atoms with Crippen molar-refractivity contribution in [1.82, 2.24) is 5.32 Å². The highest BCUT2D eigenvalue weighted by Crippen LogP contribution is 2.23. The molecule has 0 aromatic heterocycles. The predicted molar refractivity (Wildman–Crippen MR) is 80.3 cm³/mol. The molecule has 20 heavy (non-hydrogen) atoms. The number of nitrogens with two attached hydrogens (primary N) is 1. The Labute approximate surface area is 118 Å². The Hall–Kier alpha value is -1.91. The number of fused-ring (bicyclic) bond motifs is 1. The smallest absolute Gasteiger partial charge is 0.227 e. The lowest BCUT2D eigenvalue weighted by atomic mass is 9.96. The van der Waals surface area contributed by atoms with Gasteiger partial charge in [-0.15, -0.1) is 0 Å². The van der Waals surface area contributed by atoms with Crippen molar-refractivity contribution in [3.8, 4) is 0 Å². The van der Waals surface area contributed by atoms with E-state index in [1.165, 1.54) is 0 Å². The molecule has 2 aromatic carbocycles. The molecule has 0 saturated carbocycles. The number of amides is 1. The summed E-state index contributed by atoms with van der Waals surface area (Å²) < 4.78 is 0. The Kier molecular flexibility index (Phi) is 4.71. The highest BCUT2D eigenvalue weighted by Gasteiger charge is 2.14. The Morgan fingerprint density at radius 2 is 1.95 bits per heavy atom. The van der Waals surface area contributed by atoms with Gasteiger partial charge in [-0.1, -0.05) is 30.3 Å². The molecular weight excluding hydrogens is 252 g/mol. The molecule has 106 valence electrons. The lowest BCUT2D eigenvalue weighted by Gasteiger charge is -2.13. The number of carbonyl (C=O) groups is 1. The quantitative estimate of drug-likeness (QED) is 0.772. The van der Waals surface area contributed by atoms with Crippen LogP contribution in [-0.2, 0) is 11.4 Å². The fraction of sp³-hybridized carbons (Fsp3) is 0.312. The van der Waals surface area contributed by atoms with Crippen molar-refractivity contribution in [2.75, 3.05) is 13.1 Å². The normalized spacial score (nSPS) is 12.3. The van der Waals surface area contributed by atoms with Crippen LogP contribution in [0.25, 0.3) is 10.8 Å². The van der Waals surface area contributed by atoms with Gasteiger partial charge in [0, 0.05) is 13.1 Å². The molecule has 0 aliphatic heterocycles. The summed E-state index contributed by atoms with van der Waals surface area (Å²) >= 11 is 0.